The van der Waals surface area contributed by atoms with E-state index in [1.54, 1.807) is 0 Å². The van der Waals surface area contributed by atoms with Crippen molar-refractivity contribution in [2.75, 3.05) is 0 Å². The van der Waals surface area contributed by atoms with Crippen LogP contribution in [0.1, 0.15) is 0 Å². The summed E-state index contributed by atoms with van der Waals surface area (Å²) in [5.41, 5.74) is 10.4. The van der Waals surface area contributed by atoms with Gasteiger partial charge in [0.2, 0.25) is 0 Å². The molecule has 0 N–H and O–H groups in total. The first-order chi connectivity index (χ1) is 24.3. The zero-order valence-corrected chi connectivity index (χ0v) is 26.5. The van der Waals surface area contributed by atoms with Gasteiger partial charge in [-0.05, 0) is 22.6 Å². The number of hydrogen-bond donors (Lipinski definition) is 0. The van der Waals surface area contributed by atoms with Crippen molar-refractivity contribution < 1.29 is 0 Å². The van der Waals surface area contributed by atoms with Crippen LogP contribution in [0.3, 0.4) is 0 Å². The standard InChI is InChI=1S/C44H29N5/c1-5-16-30(17-6-1)38-29-45-49-40(31-18-7-2-8-19-31)39(36-26-13-14-27-37(36)41(38)49)34-24-15-25-35(28-34)44-47-42(32-20-9-3-10-21-32)46-43(48-44)33-22-11-4-12-23-33/h1-29H. The molecule has 3 aromatic heterocycles. The Balaban J connectivity index is 1.31. The molecule has 5 heteroatoms. The van der Waals surface area contributed by atoms with Crippen LogP contribution in [0.15, 0.2) is 176 Å². The van der Waals surface area contributed by atoms with Crippen molar-refractivity contribution in [1.82, 2.24) is 24.6 Å². The molecular weight excluding hydrogens is 599 g/mol. The molecule has 0 saturated carbocycles. The van der Waals surface area contributed by atoms with Crippen LogP contribution < -0.4 is 0 Å². The van der Waals surface area contributed by atoms with Crippen molar-refractivity contribution in [3.63, 3.8) is 0 Å². The van der Waals surface area contributed by atoms with Gasteiger partial charge in [-0.15, -0.1) is 0 Å². The molecule has 0 radical (unpaired) electrons. The summed E-state index contributed by atoms with van der Waals surface area (Å²) in [5, 5.41) is 7.35. The number of benzene rings is 6. The van der Waals surface area contributed by atoms with E-state index in [9.17, 15) is 0 Å². The Hall–Kier alpha value is -6.72. The predicted molar refractivity (Wildman–Crippen MR) is 199 cm³/mol. The highest BCUT2D eigenvalue weighted by atomic mass is 15.2. The molecule has 0 atom stereocenters. The van der Waals surface area contributed by atoms with E-state index >= 15 is 0 Å². The van der Waals surface area contributed by atoms with Crippen LogP contribution >= 0.6 is 0 Å². The van der Waals surface area contributed by atoms with Gasteiger partial charge < -0.3 is 0 Å². The first-order valence-corrected chi connectivity index (χ1v) is 16.3. The summed E-state index contributed by atoms with van der Waals surface area (Å²) in [6.45, 7) is 0. The normalized spacial score (nSPS) is 11.3. The molecule has 5 nitrogen and oxygen atoms in total. The Bertz CT molecular complexity index is 2520. The fourth-order valence-electron chi connectivity index (χ4n) is 6.65. The summed E-state index contributed by atoms with van der Waals surface area (Å²) in [7, 11) is 0. The van der Waals surface area contributed by atoms with Crippen LogP contribution in [0.4, 0.5) is 0 Å². The fourth-order valence-corrected chi connectivity index (χ4v) is 6.65. The van der Waals surface area contributed by atoms with E-state index in [4.69, 9.17) is 20.1 Å². The Morgan fingerprint density at radius 3 is 1.41 bits per heavy atom. The van der Waals surface area contributed by atoms with Gasteiger partial charge >= 0.3 is 0 Å². The lowest BCUT2D eigenvalue weighted by Crippen LogP contribution is -2.01. The van der Waals surface area contributed by atoms with E-state index in [1.807, 2.05) is 72.9 Å². The second-order valence-electron chi connectivity index (χ2n) is 11.9. The van der Waals surface area contributed by atoms with Crippen molar-refractivity contribution in [2.24, 2.45) is 0 Å². The average Bonchev–Trinajstić information content (AvgIpc) is 3.64. The van der Waals surface area contributed by atoms with Gasteiger partial charge in [-0.3, -0.25) is 0 Å². The molecule has 9 aromatic rings. The van der Waals surface area contributed by atoms with Crippen molar-refractivity contribution >= 4 is 16.3 Å². The number of rotatable bonds is 6. The Kier molecular flexibility index (Phi) is 7.06. The van der Waals surface area contributed by atoms with Crippen molar-refractivity contribution in [3.8, 4) is 67.7 Å². The molecule has 0 aliphatic carbocycles. The van der Waals surface area contributed by atoms with Crippen LogP contribution in [0.25, 0.3) is 84.0 Å². The van der Waals surface area contributed by atoms with Gasteiger partial charge in [0.05, 0.1) is 17.4 Å². The van der Waals surface area contributed by atoms with E-state index in [0.29, 0.717) is 17.5 Å². The lowest BCUT2D eigenvalue weighted by Gasteiger charge is -2.18. The van der Waals surface area contributed by atoms with Gasteiger partial charge in [0, 0.05) is 38.8 Å². The van der Waals surface area contributed by atoms with Gasteiger partial charge in [0.25, 0.3) is 0 Å². The minimum absolute atomic E-state index is 0.617. The topological polar surface area (TPSA) is 56.0 Å². The van der Waals surface area contributed by atoms with Gasteiger partial charge in [0.15, 0.2) is 17.5 Å². The van der Waals surface area contributed by atoms with Crippen LogP contribution in [0.5, 0.6) is 0 Å². The number of nitrogens with zero attached hydrogens (tertiary/aromatic N) is 5. The summed E-state index contributed by atoms with van der Waals surface area (Å²) >= 11 is 0. The third-order valence-electron chi connectivity index (χ3n) is 8.91. The van der Waals surface area contributed by atoms with E-state index < -0.39 is 0 Å². The second-order valence-corrected chi connectivity index (χ2v) is 11.9. The number of aromatic nitrogens is 5. The zero-order chi connectivity index (χ0) is 32.6. The maximum absolute atomic E-state index is 5.06. The van der Waals surface area contributed by atoms with Crippen molar-refractivity contribution in [2.45, 2.75) is 0 Å². The van der Waals surface area contributed by atoms with Gasteiger partial charge in [-0.2, -0.15) is 5.10 Å². The highest BCUT2D eigenvalue weighted by Gasteiger charge is 2.22. The smallest absolute Gasteiger partial charge is 0.164 e. The molecule has 0 bridgehead atoms. The zero-order valence-electron chi connectivity index (χ0n) is 26.5. The van der Waals surface area contributed by atoms with E-state index in [-0.39, 0.29) is 0 Å². The minimum atomic E-state index is 0.617. The monoisotopic (exact) mass is 627 g/mol. The molecule has 6 aromatic carbocycles. The van der Waals surface area contributed by atoms with Gasteiger partial charge in [0.1, 0.15) is 0 Å². The lowest BCUT2D eigenvalue weighted by atomic mass is 9.91. The second kappa shape index (κ2) is 12.1. The molecule has 0 saturated heterocycles. The summed E-state index contributed by atoms with van der Waals surface area (Å²) < 4.78 is 2.12. The van der Waals surface area contributed by atoms with E-state index in [0.717, 1.165) is 66.5 Å². The minimum Gasteiger partial charge on any atom is -0.231 e. The Morgan fingerprint density at radius 1 is 0.367 bits per heavy atom. The van der Waals surface area contributed by atoms with Crippen molar-refractivity contribution in [3.05, 3.63) is 176 Å². The lowest BCUT2D eigenvalue weighted by molar-refractivity contribution is 0.976. The number of pyridine rings is 1. The molecular formula is C44H29N5. The molecule has 0 unspecified atom stereocenters. The molecule has 0 aliphatic heterocycles. The first-order valence-electron chi connectivity index (χ1n) is 16.3. The average molecular weight is 628 g/mol. The predicted octanol–water partition coefficient (Wildman–Crippen LogP) is 10.7. The van der Waals surface area contributed by atoms with Crippen molar-refractivity contribution in [1.29, 1.82) is 0 Å². The summed E-state index contributed by atoms with van der Waals surface area (Å²) in [6.07, 6.45) is 1.99. The summed E-state index contributed by atoms with van der Waals surface area (Å²) in [6, 6.07) is 58.4. The SMILES string of the molecule is c1ccc(-c2nc(-c3ccccc3)nc(-c3cccc(-c4c(-c5ccccc5)n5ncc(-c6ccccc6)c5c5ccccc45)c3)n2)cc1. The number of hydrogen-bond acceptors (Lipinski definition) is 4. The third kappa shape index (κ3) is 5.14. The molecule has 0 amide bonds. The largest absolute Gasteiger partial charge is 0.231 e. The summed E-state index contributed by atoms with van der Waals surface area (Å²) in [5.74, 6) is 1.89. The molecule has 3 heterocycles. The molecule has 9 rings (SSSR count). The molecule has 0 fully saturated rings. The Labute approximate surface area is 283 Å². The van der Waals surface area contributed by atoms with Crippen LogP contribution in [-0.4, -0.2) is 24.6 Å². The molecule has 230 valence electrons. The maximum atomic E-state index is 5.06. The van der Waals surface area contributed by atoms with E-state index in [2.05, 4.69) is 108 Å². The van der Waals surface area contributed by atoms with Gasteiger partial charge in [-0.25, -0.2) is 19.5 Å². The molecule has 0 spiro atoms. The van der Waals surface area contributed by atoms with Gasteiger partial charge in [-0.1, -0.05) is 164 Å². The van der Waals surface area contributed by atoms with Crippen LogP contribution in [0.2, 0.25) is 0 Å². The number of fused-ring (bicyclic) bond motifs is 3. The maximum Gasteiger partial charge on any atom is 0.164 e. The third-order valence-corrected chi connectivity index (χ3v) is 8.91. The highest BCUT2D eigenvalue weighted by molar-refractivity contribution is 6.13. The fraction of sp³-hybridized carbons (Fsp3) is 0. The first kappa shape index (κ1) is 28.5. The Morgan fingerprint density at radius 2 is 0.816 bits per heavy atom. The molecule has 49 heavy (non-hydrogen) atoms. The quantitative estimate of drug-likeness (QED) is 0.184. The van der Waals surface area contributed by atoms with Crippen LogP contribution in [-0.2, 0) is 0 Å². The summed E-state index contributed by atoms with van der Waals surface area (Å²) in [4.78, 5) is 15.0. The van der Waals surface area contributed by atoms with E-state index in [1.165, 1.54) is 0 Å². The highest BCUT2D eigenvalue weighted by Crippen LogP contribution is 2.43. The van der Waals surface area contributed by atoms with Crippen LogP contribution in [0, 0.1) is 0 Å². The molecule has 0 aliphatic rings.